The van der Waals surface area contributed by atoms with Crippen molar-refractivity contribution in [3.63, 3.8) is 0 Å². The molecular weight excluding hydrogens is 228 g/mol. The number of hydrogen-bond acceptors (Lipinski definition) is 4. The van der Waals surface area contributed by atoms with Gasteiger partial charge in [0.25, 0.3) is 0 Å². The number of nitrogen functional groups attached to an aromatic ring is 1. The average molecular weight is 237 g/mol. The Morgan fingerprint density at radius 1 is 1.77 bits per heavy atom. The van der Waals surface area contributed by atoms with E-state index in [4.69, 9.17) is 29.6 Å². The van der Waals surface area contributed by atoms with Crippen LogP contribution in [0.4, 0.5) is 5.82 Å². The first kappa shape index (κ1) is 10.6. The zero-order chi connectivity index (χ0) is 10.0. The summed E-state index contributed by atoms with van der Waals surface area (Å²) in [6, 6.07) is 0. The fourth-order valence-electron chi connectivity index (χ4n) is 0.746. The zero-order valence-corrected chi connectivity index (χ0v) is 9.56. The maximum Gasteiger partial charge on any atom is 0.166 e. The van der Waals surface area contributed by atoms with E-state index in [0.717, 1.165) is 5.69 Å². The summed E-state index contributed by atoms with van der Waals surface area (Å²) in [7, 11) is 0. The quantitative estimate of drug-likeness (QED) is 0.726. The molecule has 0 saturated carbocycles. The summed E-state index contributed by atoms with van der Waals surface area (Å²) in [6.45, 7) is 1.81. The Hall–Kier alpha value is -0.460. The molecule has 1 heterocycles. The Bertz CT molecular complexity index is 336. The van der Waals surface area contributed by atoms with Crippen LogP contribution in [-0.2, 0) is 0 Å². The Labute approximate surface area is 90.8 Å². The molecule has 0 amide bonds. The number of thiocarbonyl (C=S) groups is 1. The molecule has 0 aliphatic heterocycles. The molecule has 0 bridgehead atoms. The van der Waals surface area contributed by atoms with Crippen molar-refractivity contribution < 1.29 is 0 Å². The van der Waals surface area contributed by atoms with E-state index >= 15 is 0 Å². The first-order valence-corrected chi connectivity index (χ1v) is 5.43. The van der Waals surface area contributed by atoms with Crippen molar-refractivity contribution in [2.45, 2.75) is 6.92 Å². The largest absolute Gasteiger partial charge is 0.381 e. The number of anilines is 1. The third-order valence-corrected chi connectivity index (χ3v) is 2.97. The van der Waals surface area contributed by atoms with Gasteiger partial charge in [0, 0.05) is 0 Å². The van der Waals surface area contributed by atoms with Crippen molar-refractivity contribution in [3.8, 4) is 0 Å². The number of halogens is 1. The lowest BCUT2D eigenvalue weighted by Gasteiger charge is -2.05. The van der Waals surface area contributed by atoms with Gasteiger partial charge in [-0.3, -0.25) is 5.43 Å². The lowest BCUT2D eigenvalue weighted by Crippen LogP contribution is -2.20. The Kier molecular flexibility index (Phi) is 3.40. The minimum atomic E-state index is 0.301. The maximum atomic E-state index is 5.83. The molecule has 4 nitrogen and oxygen atoms in total. The molecule has 1 aromatic rings. The van der Waals surface area contributed by atoms with Gasteiger partial charge in [-0.05, 0) is 13.2 Å². The first-order chi connectivity index (χ1) is 6.06. The SMILES string of the molecule is CSC(=S)Nn1nc(N)c(Cl)c1C. The van der Waals surface area contributed by atoms with Crippen LogP contribution in [0.15, 0.2) is 0 Å². The third-order valence-electron chi connectivity index (χ3n) is 1.45. The summed E-state index contributed by atoms with van der Waals surface area (Å²) >= 11 is 12.2. The van der Waals surface area contributed by atoms with Crippen molar-refractivity contribution in [1.29, 1.82) is 0 Å². The highest BCUT2D eigenvalue weighted by atomic mass is 35.5. The van der Waals surface area contributed by atoms with Gasteiger partial charge in [0.2, 0.25) is 0 Å². The van der Waals surface area contributed by atoms with Gasteiger partial charge in [-0.15, -0.1) is 5.10 Å². The molecule has 0 fully saturated rings. The van der Waals surface area contributed by atoms with Crippen LogP contribution in [0.5, 0.6) is 0 Å². The smallest absolute Gasteiger partial charge is 0.166 e. The number of nitrogens with one attached hydrogen (secondary N) is 1. The Balaban J connectivity index is 2.90. The average Bonchev–Trinajstić information content (AvgIpc) is 2.34. The molecule has 72 valence electrons. The molecule has 0 aliphatic carbocycles. The second-order valence-electron chi connectivity index (χ2n) is 2.30. The fraction of sp³-hybridized carbons (Fsp3) is 0.333. The van der Waals surface area contributed by atoms with E-state index in [1.165, 1.54) is 16.6 Å². The van der Waals surface area contributed by atoms with Crippen LogP contribution >= 0.6 is 35.6 Å². The molecule has 0 radical (unpaired) electrons. The van der Waals surface area contributed by atoms with E-state index in [2.05, 4.69) is 10.5 Å². The van der Waals surface area contributed by atoms with Crippen LogP contribution in [0.1, 0.15) is 5.69 Å². The highest BCUT2D eigenvalue weighted by molar-refractivity contribution is 8.22. The van der Waals surface area contributed by atoms with Gasteiger partial charge in [-0.25, -0.2) is 0 Å². The molecule has 0 atom stereocenters. The van der Waals surface area contributed by atoms with Crippen LogP contribution in [-0.4, -0.2) is 20.5 Å². The van der Waals surface area contributed by atoms with Crippen LogP contribution < -0.4 is 11.2 Å². The lowest BCUT2D eigenvalue weighted by molar-refractivity contribution is 0.795. The predicted octanol–water partition coefficient (Wildman–Crippen LogP) is 1.62. The molecule has 0 saturated heterocycles. The number of thioether (sulfide) groups is 1. The monoisotopic (exact) mass is 236 g/mol. The summed E-state index contributed by atoms with van der Waals surface area (Å²) in [4.78, 5) is 1.47. The van der Waals surface area contributed by atoms with Crippen molar-refractivity contribution in [2.24, 2.45) is 0 Å². The van der Waals surface area contributed by atoms with Crippen molar-refractivity contribution in [3.05, 3.63) is 10.7 Å². The van der Waals surface area contributed by atoms with Gasteiger partial charge in [0.05, 0.1) is 5.69 Å². The molecule has 0 unspecified atom stereocenters. The van der Waals surface area contributed by atoms with E-state index in [0.29, 0.717) is 15.2 Å². The summed E-state index contributed by atoms with van der Waals surface area (Å²) in [5.41, 5.74) is 9.11. The van der Waals surface area contributed by atoms with Gasteiger partial charge in [0.1, 0.15) is 5.02 Å². The van der Waals surface area contributed by atoms with E-state index in [9.17, 15) is 0 Å². The number of nitrogens with two attached hydrogens (primary N) is 1. The van der Waals surface area contributed by atoms with Gasteiger partial charge >= 0.3 is 0 Å². The summed E-state index contributed by atoms with van der Waals surface area (Å²) in [6.07, 6.45) is 1.87. The second kappa shape index (κ2) is 4.17. The summed E-state index contributed by atoms with van der Waals surface area (Å²) in [5, 5.41) is 4.40. The molecule has 3 N–H and O–H groups in total. The molecule has 0 spiro atoms. The number of nitrogens with zero attached hydrogens (tertiary/aromatic N) is 2. The van der Waals surface area contributed by atoms with E-state index < -0.39 is 0 Å². The molecule has 1 aromatic heterocycles. The van der Waals surface area contributed by atoms with Crippen LogP contribution in [0.2, 0.25) is 5.02 Å². The standard InChI is InChI=1S/C6H9ClN4S2/c1-3-4(7)5(8)9-11(3)10-6(12)13-2/h1-2H3,(H2,8,9)(H,10,12). The molecule has 0 aliphatic rings. The normalized spacial score (nSPS) is 10.1. The molecule has 1 rings (SSSR count). The van der Waals surface area contributed by atoms with Gasteiger partial charge < -0.3 is 5.73 Å². The van der Waals surface area contributed by atoms with Crippen molar-refractivity contribution in [2.75, 3.05) is 17.4 Å². The highest BCUT2D eigenvalue weighted by Crippen LogP contribution is 2.20. The minimum absolute atomic E-state index is 0.301. The van der Waals surface area contributed by atoms with E-state index in [1.54, 1.807) is 0 Å². The molecular formula is C6H9ClN4S2. The highest BCUT2D eigenvalue weighted by Gasteiger charge is 2.09. The fourth-order valence-corrected chi connectivity index (χ4v) is 1.13. The summed E-state index contributed by atoms with van der Waals surface area (Å²) in [5.74, 6) is 0.301. The maximum absolute atomic E-state index is 5.83. The van der Waals surface area contributed by atoms with Crippen molar-refractivity contribution >= 4 is 45.7 Å². The Morgan fingerprint density at radius 2 is 2.38 bits per heavy atom. The van der Waals surface area contributed by atoms with Gasteiger partial charge in [-0.1, -0.05) is 35.6 Å². The van der Waals surface area contributed by atoms with Crippen molar-refractivity contribution in [1.82, 2.24) is 9.89 Å². The predicted molar refractivity (Wildman–Crippen MR) is 61.9 cm³/mol. The molecule has 0 aromatic carbocycles. The van der Waals surface area contributed by atoms with Crippen LogP contribution in [0.25, 0.3) is 0 Å². The number of rotatable bonds is 1. The number of aromatic nitrogens is 2. The minimum Gasteiger partial charge on any atom is -0.381 e. The van der Waals surface area contributed by atoms with E-state index in [-0.39, 0.29) is 0 Å². The van der Waals surface area contributed by atoms with Crippen LogP contribution in [0, 0.1) is 6.92 Å². The second-order valence-corrected chi connectivity index (χ2v) is 4.16. The van der Waals surface area contributed by atoms with Gasteiger partial charge in [-0.2, -0.15) is 4.79 Å². The van der Waals surface area contributed by atoms with Crippen LogP contribution in [0.3, 0.4) is 0 Å². The lowest BCUT2D eigenvalue weighted by atomic mass is 10.5. The first-order valence-electron chi connectivity index (χ1n) is 3.41. The van der Waals surface area contributed by atoms with Gasteiger partial charge in [0.15, 0.2) is 10.1 Å². The molecule has 13 heavy (non-hydrogen) atoms. The van der Waals surface area contributed by atoms with E-state index in [1.807, 2.05) is 13.2 Å². The molecule has 7 heteroatoms. The summed E-state index contributed by atoms with van der Waals surface area (Å²) < 4.78 is 0.613. The third kappa shape index (κ3) is 2.26. The number of hydrogen-bond donors (Lipinski definition) is 2. The topological polar surface area (TPSA) is 55.9 Å². The Morgan fingerprint density at radius 3 is 2.77 bits per heavy atom. The zero-order valence-electron chi connectivity index (χ0n) is 7.17.